The summed E-state index contributed by atoms with van der Waals surface area (Å²) in [5, 5.41) is 2.91. The molecule has 2 aromatic carbocycles. The van der Waals surface area contributed by atoms with Crippen molar-refractivity contribution in [1.29, 1.82) is 0 Å². The molecular formula is C15H14BrNO. The van der Waals surface area contributed by atoms with Gasteiger partial charge in [0.15, 0.2) is 0 Å². The van der Waals surface area contributed by atoms with E-state index in [0.29, 0.717) is 0 Å². The van der Waals surface area contributed by atoms with Crippen molar-refractivity contribution in [2.75, 3.05) is 5.32 Å². The maximum atomic E-state index is 12.1. The number of carbonyl (C=O) groups excluding carboxylic acids is 1. The predicted molar refractivity (Wildman–Crippen MR) is 77.6 cm³/mol. The average molecular weight is 304 g/mol. The van der Waals surface area contributed by atoms with Gasteiger partial charge >= 0.3 is 0 Å². The van der Waals surface area contributed by atoms with Crippen molar-refractivity contribution in [3.05, 3.63) is 64.6 Å². The van der Waals surface area contributed by atoms with Gasteiger partial charge < -0.3 is 5.32 Å². The first kappa shape index (κ1) is 12.8. The van der Waals surface area contributed by atoms with Crippen LogP contribution in [0.1, 0.15) is 18.4 Å². The fourth-order valence-corrected chi connectivity index (χ4v) is 2.12. The van der Waals surface area contributed by atoms with Crippen LogP contribution in [0.25, 0.3) is 0 Å². The second kappa shape index (κ2) is 5.83. The van der Waals surface area contributed by atoms with Gasteiger partial charge in [0, 0.05) is 10.2 Å². The molecule has 92 valence electrons. The fraction of sp³-hybridized carbons (Fsp3) is 0.133. The second-order valence-corrected chi connectivity index (χ2v) is 5.05. The minimum absolute atomic E-state index is 0.000648. The number of carbonyl (C=O) groups is 1. The van der Waals surface area contributed by atoms with Crippen LogP contribution in [-0.4, -0.2) is 5.91 Å². The topological polar surface area (TPSA) is 29.1 Å². The summed E-state index contributed by atoms with van der Waals surface area (Å²) in [6, 6.07) is 17.3. The highest BCUT2D eigenvalue weighted by atomic mass is 79.9. The van der Waals surface area contributed by atoms with Crippen molar-refractivity contribution in [3.8, 4) is 0 Å². The average Bonchev–Trinajstić information content (AvgIpc) is 2.39. The van der Waals surface area contributed by atoms with Crippen LogP contribution >= 0.6 is 15.9 Å². The monoisotopic (exact) mass is 303 g/mol. The molecule has 2 rings (SSSR count). The maximum Gasteiger partial charge on any atom is 0.231 e. The molecule has 0 aliphatic heterocycles. The Labute approximate surface area is 115 Å². The van der Waals surface area contributed by atoms with E-state index in [0.717, 1.165) is 15.7 Å². The van der Waals surface area contributed by atoms with Crippen molar-refractivity contribution in [2.45, 2.75) is 12.8 Å². The highest BCUT2D eigenvalue weighted by Crippen LogP contribution is 2.21. The molecule has 0 spiro atoms. The van der Waals surface area contributed by atoms with E-state index in [1.54, 1.807) is 0 Å². The van der Waals surface area contributed by atoms with Crippen molar-refractivity contribution in [2.24, 2.45) is 0 Å². The van der Waals surface area contributed by atoms with Gasteiger partial charge in [0.1, 0.15) is 0 Å². The number of nitrogens with one attached hydrogen (secondary N) is 1. The summed E-state index contributed by atoms with van der Waals surface area (Å²) in [4.78, 5) is 12.1. The Bertz CT molecular complexity index is 539. The Morgan fingerprint density at radius 2 is 1.83 bits per heavy atom. The first-order chi connectivity index (χ1) is 8.66. The van der Waals surface area contributed by atoms with Crippen LogP contribution in [0, 0.1) is 0 Å². The zero-order valence-electron chi connectivity index (χ0n) is 10.1. The van der Waals surface area contributed by atoms with Gasteiger partial charge in [0.05, 0.1) is 5.92 Å². The van der Waals surface area contributed by atoms with E-state index in [-0.39, 0.29) is 11.8 Å². The number of benzene rings is 2. The summed E-state index contributed by atoms with van der Waals surface area (Å²) in [5.74, 6) is -0.179. The van der Waals surface area contributed by atoms with E-state index in [2.05, 4.69) is 21.2 Å². The van der Waals surface area contributed by atoms with Crippen LogP contribution in [-0.2, 0) is 4.79 Å². The van der Waals surface area contributed by atoms with E-state index in [1.807, 2.05) is 61.5 Å². The van der Waals surface area contributed by atoms with E-state index in [4.69, 9.17) is 0 Å². The number of hydrogen-bond acceptors (Lipinski definition) is 1. The van der Waals surface area contributed by atoms with Gasteiger partial charge in [-0.3, -0.25) is 4.79 Å². The van der Waals surface area contributed by atoms with Crippen molar-refractivity contribution in [1.82, 2.24) is 0 Å². The number of anilines is 1. The number of rotatable bonds is 3. The molecule has 1 unspecified atom stereocenters. The number of hydrogen-bond donors (Lipinski definition) is 1. The molecule has 0 saturated carbocycles. The largest absolute Gasteiger partial charge is 0.326 e. The molecule has 1 N–H and O–H groups in total. The number of amides is 1. The molecular weight excluding hydrogens is 290 g/mol. The van der Waals surface area contributed by atoms with Crippen LogP contribution in [0.2, 0.25) is 0 Å². The smallest absolute Gasteiger partial charge is 0.231 e. The van der Waals surface area contributed by atoms with Crippen LogP contribution in [0.15, 0.2) is 59.1 Å². The summed E-state index contributed by atoms with van der Waals surface area (Å²) in [7, 11) is 0. The lowest BCUT2D eigenvalue weighted by Gasteiger charge is -2.12. The Hall–Kier alpha value is -1.61. The summed E-state index contributed by atoms with van der Waals surface area (Å²) in [5.41, 5.74) is 1.82. The number of para-hydroxylation sites is 1. The van der Waals surface area contributed by atoms with Gasteiger partial charge in [-0.25, -0.2) is 0 Å². The third-order valence-electron chi connectivity index (χ3n) is 2.78. The van der Waals surface area contributed by atoms with E-state index in [9.17, 15) is 4.79 Å². The zero-order valence-corrected chi connectivity index (χ0v) is 11.6. The molecule has 0 radical (unpaired) electrons. The molecule has 0 aliphatic carbocycles. The SMILES string of the molecule is CC(C(=O)Nc1ccccc1)c1cccc(Br)c1. The Balaban J connectivity index is 2.10. The molecule has 0 aromatic heterocycles. The minimum Gasteiger partial charge on any atom is -0.326 e. The summed E-state index contributed by atoms with van der Waals surface area (Å²) in [6.45, 7) is 1.90. The molecule has 0 aliphatic rings. The van der Waals surface area contributed by atoms with Crippen LogP contribution in [0.4, 0.5) is 5.69 Å². The lowest BCUT2D eigenvalue weighted by Crippen LogP contribution is -2.18. The molecule has 0 fully saturated rings. The maximum absolute atomic E-state index is 12.1. The second-order valence-electron chi connectivity index (χ2n) is 4.13. The van der Waals surface area contributed by atoms with Crippen LogP contribution in [0.5, 0.6) is 0 Å². The van der Waals surface area contributed by atoms with Gasteiger partial charge in [0.25, 0.3) is 0 Å². The molecule has 0 saturated heterocycles. The fourth-order valence-electron chi connectivity index (χ4n) is 1.70. The molecule has 3 heteroatoms. The first-order valence-corrected chi connectivity index (χ1v) is 6.57. The van der Waals surface area contributed by atoms with Crippen LogP contribution in [0.3, 0.4) is 0 Å². The molecule has 0 bridgehead atoms. The Morgan fingerprint density at radius 3 is 2.50 bits per heavy atom. The highest BCUT2D eigenvalue weighted by molar-refractivity contribution is 9.10. The summed E-state index contributed by atoms with van der Waals surface area (Å²) in [6.07, 6.45) is 0. The predicted octanol–water partition coefficient (Wildman–Crippen LogP) is 4.19. The molecule has 2 nitrogen and oxygen atoms in total. The zero-order chi connectivity index (χ0) is 13.0. The van der Waals surface area contributed by atoms with E-state index in [1.165, 1.54) is 0 Å². The van der Waals surface area contributed by atoms with Gasteiger partial charge in [-0.15, -0.1) is 0 Å². The number of halogens is 1. The standard InChI is InChI=1S/C15H14BrNO/c1-11(12-6-5-7-13(16)10-12)15(18)17-14-8-3-2-4-9-14/h2-11H,1H3,(H,17,18). The normalized spacial score (nSPS) is 11.9. The van der Waals surface area contributed by atoms with Gasteiger partial charge in [-0.05, 0) is 36.8 Å². The lowest BCUT2D eigenvalue weighted by atomic mass is 10.0. The lowest BCUT2D eigenvalue weighted by molar-refractivity contribution is -0.117. The summed E-state index contributed by atoms with van der Waals surface area (Å²) >= 11 is 3.41. The van der Waals surface area contributed by atoms with E-state index >= 15 is 0 Å². The minimum atomic E-state index is -0.178. The third-order valence-corrected chi connectivity index (χ3v) is 3.28. The molecule has 2 aromatic rings. The van der Waals surface area contributed by atoms with Gasteiger partial charge in [-0.2, -0.15) is 0 Å². The molecule has 0 heterocycles. The Kier molecular flexibility index (Phi) is 4.15. The van der Waals surface area contributed by atoms with Crippen molar-refractivity contribution in [3.63, 3.8) is 0 Å². The Morgan fingerprint density at radius 1 is 1.11 bits per heavy atom. The first-order valence-electron chi connectivity index (χ1n) is 5.78. The molecule has 1 atom stereocenters. The van der Waals surface area contributed by atoms with Crippen LogP contribution < -0.4 is 5.32 Å². The van der Waals surface area contributed by atoms with Gasteiger partial charge in [0.2, 0.25) is 5.91 Å². The molecule has 1 amide bonds. The van der Waals surface area contributed by atoms with Crippen molar-refractivity contribution < 1.29 is 4.79 Å². The summed E-state index contributed by atoms with van der Waals surface area (Å²) < 4.78 is 0.986. The quantitative estimate of drug-likeness (QED) is 0.905. The third kappa shape index (κ3) is 3.20. The van der Waals surface area contributed by atoms with Gasteiger partial charge in [-0.1, -0.05) is 46.3 Å². The van der Waals surface area contributed by atoms with E-state index < -0.39 is 0 Å². The van der Waals surface area contributed by atoms with Crippen molar-refractivity contribution >= 4 is 27.5 Å². The molecule has 18 heavy (non-hydrogen) atoms. The highest BCUT2D eigenvalue weighted by Gasteiger charge is 2.15.